The Morgan fingerprint density at radius 3 is 2.36 bits per heavy atom. The molecule has 0 spiro atoms. The average Bonchev–Trinajstić information content (AvgIpc) is 3.04. The van der Waals surface area contributed by atoms with E-state index in [-0.39, 0.29) is 23.2 Å². The Morgan fingerprint density at radius 1 is 1.07 bits per heavy atom. The minimum absolute atomic E-state index is 0. The summed E-state index contributed by atoms with van der Waals surface area (Å²) in [5.41, 5.74) is 1.27. The second kappa shape index (κ2) is 9.00. The number of thiazole rings is 1. The van der Waals surface area contributed by atoms with Crippen molar-refractivity contribution >= 4 is 54.8 Å². The molecule has 0 aliphatic carbocycles. The Kier molecular flexibility index (Phi) is 7.16. The van der Waals surface area contributed by atoms with Crippen LogP contribution in [-0.2, 0) is 9.84 Å². The Morgan fingerprint density at radius 2 is 1.75 bits per heavy atom. The van der Waals surface area contributed by atoms with Gasteiger partial charge in [0.25, 0.3) is 5.91 Å². The van der Waals surface area contributed by atoms with Crippen LogP contribution in [0.1, 0.15) is 10.4 Å². The number of nitrogens with zero attached hydrogens (tertiary/aromatic N) is 3. The zero-order valence-electron chi connectivity index (χ0n) is 15.8. The summed E-state index contributed by atoms with van der Waals surface area (Å²) in [5, 5.41) is 0.561. The Balaban J connectivity index is 0.00000280. The third-order valence-corrected chi connectivity index (χ3v) is 6.20. The van der Waals surface area contributed by atoms with E-state index in [4.69, 9.17) is 0 Å². The van der Waals surface area contributed by atoms with Crippen LogP contribution in [-0.4, -0.2) is 57.6 Å². The fraction of sp³-hybridized carbons (Fsp3) is 0.263. The third kappa shape index (κ3) is 5.08. The number of amides is 1. The minimum Gasteiger partial charge on any atom is -0.308 e. The van der Waals surface area contributed by atoms with Gasteiger partial charge in [-0.1, -0.05) is 29.5 Å². The summed E-state index contributed by atoms with van der Waals surface area (Å²) < 4.78 is 24.3. The van der Waals surface area contributed by atoms with Crippen LogP contribution >= 0.6 is 23.7 Å². The monoisotopic (exact) mass is 439 g/mol. The second-order valence-electron chi connectivity index (χ2n) is 6.52. The van der Waals surface area contributed by atoms with E-state index in [0.717, 1.165) is 4.70 Å². The number of benzene rings is 2. The molecule has 0 fully saturated rings. The minimum atomic E-state index is -3.29. The van der Waals surface area contributed by atoms with Crippen molar-refractivity contribution in [1.29, 1.82) is 0 Å². The fourth-order valence-electron chi connectivity index (χ4n) is 2.56. The summed E-state index contributed by atoms with van der Waals surface area (Å²) in [4.78, 5) is 21.5. The Bertz CT molecular complexity index is 1070. The summed E-state index contributed by atoms with van der Waals surface area (Å²) in [5.74, 6) is -0.125. The van der Waals surface area contributed by atoms with Crippen LogP contribution in [0.3, 0.4) is 0 Å². The summed E-state index contributed by atoms with van der Waals surface area (Å²) >= 11 is 1.32. The lowest BCUT2D eigenvalue weighted by atomic mass is 10.2. The van der Waals surface area contributed by atoms with Gasteiger partial charge in [0.05, 0.1) is 15.1 Å². The molecule has 1 amide bonds. The maximum atomic E-state index is 13.0. The number of sulfone groups is 1. The molecule has 6 nitrogen and oxygen atoms in total. The van der Waals surface area contributed by atoms with Crippen molar-refractivity contribution in [3.63, 3.8) is 0 Å². The molecule has 1 aromatic heterocycles. The topological polar surface area (TPSA) is 70.6 Å². The van der Waals surface area contributed by atoms with Gasteiger partial charge in [0.1, 0.15) is 0 Å². The molecular formula is C19H22ClN3O3S2. The molecule has 9 heteroatoms. The van der Waals surface area contributed by atoms with E-state index in [9.17, 15) is 13.2 Å². The van der Waals surface area contributed by atoms with E-state index in [0.29, 0.717) is 29.3 Å². The molecule has 0 bridgehead atoms. The van der Waals surface area contributed by atoms with Gasteiger partial charge in [-0.25, -0.2) is 13.4 Å². The number of hydrogen-bond donors (Lipinski definition) is 0. The molecule has 0 atom stereocenters. The molecule has 28 heavy (non-hydrogen) atoms. The largest absolute Gasteiger partial charge is 0.308 e. The van der Waals surface area contributed by atoms with Crippen LogP contribution < -0.4 is 4.90 Å². The average molecular weight is 440 g/mol. The first-order chi connectivity index (χ1) is 12.8. The standard InChI is InChI=1S/C19H21N3O3S2.ClH/c1-21(2)11-12-22(18(23)14-7-5-4-6-8-14)19-20-16-10-9-15(27(3,24)25)13-17(16)26-19;/h4-10,13H,11-12H2,1-3H3;1H. The molecule has 0 radical (unpaired) electrons. The highest BCUT2D eigenvalue weighted by atomic mass is 35.5. The molecule has 3 aromatic rings. The van der Waals surface area contributed by atoms with Gasteiger partial charge in [0.2, 0.25) is 0 Å². The Hall–Kier alpha value is -2.00. The first kappa shape index (κ1) is 22.3. The number of carbonyl (C=O) groups excluding carboxylic acids is 1. The molecule has 0 N–H and O–H groups in total. The number of halogens is 1. The SMILES string of the molecule is CN(C)CCN(C(=O)c1ccccc1)c1nc2ccc(S(C)(=O)=O)cc2s1.Cl. The lowest BCUT2D eigenvalue weighted by Gasteiger charge is -2.22. The Labute approximate surface area is 175 Å². The van der Waals surface area contributed by atoms with E-state index in [1.165, 1.54) is 17.6 Å². The smallest absolute Gasteiger partial charge is 0.260 e. The molecule has 3 rings (SSSR count). The van der Waals surface area contributed by atoms with Gasteiger partial charge in [-0.3, -0.25) is 9.69 Å². The number of hydrogen-bond acceptors (Lipinski definition) is 6. The van der Waals surface area contributed by atoms with Crippen LogP contribution in [0.15, 0.2) is 53.4 Å². The quantitative estimate of drug-likeness (QED) is 0.589. The lowest BCUT2D eigenvalue weighted by molar-refractivity contribution is 0.0985. The van der Waals surface area contributed by atoms with Crippen LogP contribution in [0.25, 0.3) is 10.2 Å². The highest BCUT2D eigenvalue weighted by Crippen LogP contribution is 2.31. The number of likely N-dealkylation sites (N-methyl/N-ethyl adjacent to an activating group) is 1. The van der Waals surface area contributed by atoms with E-state index in [1.807, 2.05) is 37.2 Å². The van der Waals surface area contributed by atoms with E-state index >= 15 is 0 Å². The zero-order valence-corrected chi connectivity index (χ0v) is 18.3. The molecular weight excluding hydrogens is 418 g/mol. The molecule has 0 saturated heterocycles. The van der Waals surface area contributed by atoms with Crippen LogP contribution in [0.5, 0.6) is 0 Å². The highest BCUT2D eigenvalue weighted by molar-refractivity contribution is 7.90. The van der Waals surface area contributed by atoms with Crippen molar-refractivity contribution in [1.82, 2.24) is 9.88 Å². The fourth-order valence-corrected chi connectivity index (χ4v) is 4.31. The van der Waals surface area contributed by atoms with Crippen LogP contribution in [0.2, 0.25) is 0 Å². The van der Waals surface area contributed by atoms with Crippen molar-refractivity contribution < 1.29 is 13.2 Å². The van der Waals surface area contributed by atoms with Gasteiger partial charge in [0.15, 0.2) is 15.0 Å². The first-order valence-corrected chi connectivity index (χ1v) is 11.1. The van der Waals surface area contributed by atoms with Crippen LogP contribution in [0.4, 0.5) is 5.13 Å². The number of carbonyl (C=O) groups is 1. The summed E-state index contributed by atoms with van der Waals surface area (Å²) in [6.45, 7) is 1.17. The lowest BCUT2D eigenvalue weighted by Crippen LogP contribution is -2.36. The molecule has 0 aliphatic heterocycles. The summed E-state index contributed by atoms with van der Waals surface area (Å²) in [6, 6.07) is 13.9. The molecule has 150 valence electrons. The first-order valence-electron chi connectivity index (χ1n) is 8.38. The van der Waals surface area contributed by atoms with Gasteiger partial charge >= 0.3 is 0 Å². The van der Waals surface area contributed by atoms with Crippen molar-refractivity contribution in [2.75, 3.05) is 38.3 Å². The highest BCUT2D eigenvalue weighted by Gasteiger charge is 2.21. The number of fused-ring (bicyclic) bond motifs is 1. The second-order valence-corrected chi connectivity index (χ2v) is 9.55. The third-order valence-electron chi connectivity index (χ3n) is 4.04. The van der Waals surface area contributed by atoms with Gasteiger partial charge in [-0.2, -0.15) is 0 Å². The van der Waals surface area contributed by atoms with E-state index < -0.39 is 9.84 Å². The predicted molar refractivity (Wildman–Crippen MR) is 117 cm³/mol. The van der Waals surface area contributed by atoms with E-state index in [1.54, 1.807) is 35.2 Å². The molecule has 2 aromatic carbocycles. The van der Waals surface area contributed by atoms with Crippen molar-refractivity contribution in [3.8, 4) is 0 Å². The van der Waals surface area contributed by atoms with Crippen molar-refractivity contribution in [2.45, 2.75) is 4.90 Å². The van der Waals surface area contributed by atoms with Gasteiger partial charge in [-0.15, -0.1) is 12.4 Å². The van der Waals surface area contributed by atoms with Crippen molar-refractivity contribution in [3.05, 3.63) is 54.1 Å². The number of aromatic nitrogens is 1. The maximum Gasteiger partial charge on any atom is 0.260 e. The molecule has 0 aliphatic rings. The number of rotatable bonds is 6. The van der Waals surface area contributed by atoms with E-state index in [2.05, 4.69) is 4.98 Å². The van der Waals surface area contributed by atoms with Gasteiger partial charge in [-0.05, 0) is 44.4 Å². The van der Waals surface area contributed by atoms with Crippen LogP contribution in [0, 0.1) is 0 Å². The molecule has 1 heterocycles. The summed E-state index contributed by atoms with van der Waals surface area (Å²) in [6.07, 6.45) is 1.18. The zero-order chi connectivity index (χ0) is 19.6. The van der Waals surface area contributed by atoms with Crippen molar-refractivity contribution in [2.24, 2.45) is 0 Å². The number of anilines is 1. The molecule has 0 unspecified atom stereocenters. The van der Waals surface area contributed by atoms with Gasteiger partial charge in [0, 0.05) is 24.9 Å². The van der Waals surface area contributed by atoms with Gasteiger partial charge < -0.3 is 4.90 Å². The summed E-state index contributed by atoms with van der Waals surface area (Å²) in [7, 11) is 0.598. The predicted octanol–water partition coefficient (Wildman–Crippen LogP) is 3.33. The molecule has 0 saturated carbocycles. The maximum absolute atomic E-state index is 13.0. The normalized spacial score (nSPS) is 11.4.